The fraction of sp³-hybridized carbons (Fsp3) is 0.286. The van der Waals surface area contributed by atoms with Gasteiger partial charge in [0.2, 0.25) is 10.0 Å². The van der Waals surface area contributed by atoms with Crippen molar-refractivity contribution in [3.63, 3.8) is 0 Å². The van der Waals surface area contributed by atoms with E-state index in [9.17, 15) is 21.6 Å². The third-order valence-electron chi connectivity index (χ3n) is 2.99. The van der Waals surface area contributed by atoms with Gasteiger partial charge in [-0.1, -0.05) is 13.3 Å². The molecule has 0 fully saturated rings. The first-order valence-electron chi connectivity index (χ1n) is 7.07. The highest BCUT2D eigenvalue weighted by Crippen LogP contribution is 2.22. The number of anilines is 3. The van der Waals surface area contributed by atoms with Crippen molar-refractivity contribution in [1.82, 2.24) is 10.2 Å². The molecule has 2 rings (SSSR count). The predicted octanol–water partition coefficient (Wildman–Crippen LogP) is 3.18. The Bertz CT molecular complexity index is 814. The molecule has 2 aromatic rings. The fourth-order valence-electron chi connectivity index (χ4n) is 1.76. The van der Waals surface area contributed by atoms with Gasteiger partial charge in [0.05, 0.1) is 11.4 Å². The second-order valence-corrected chi connectivity index (χ2v) is 6.77. The minimum Gasteiger partial charge on any atom is -0.336 e. The van der Waals surface area contributed by atoms with E-state index in [1.54, 1.807) is 0 Å². The first kappa shape index (κ1) is 18.0. The fourth-order valence-corrected chi connectivity index (χ4v) is 2.96. The number of unbranched alkanes of at least 4 members (excludes halogenated alkanes) is 1. The summed E-state index contributed by atoms with van der Waals surface area (Å²) >= 11 is 0. The maximum atomic E-state index is 13.6. The molecule has 0 saturated carbocycles. The van der Waals surface area contributed by atoms with Crippen molar-refractivity contribution in [1.29, 1.82) is 0 Å². The monoisotopic (exact) mass is 360 g/mol. The zero-order valence-corrected chi connectivity index (χ0v) is 13.5. The lowest BCUT2D eigenvalue weighted by molar-refractivity contribution is 0.449. The molecular weight excluding hydrogens is 345 g/mol. The van der Waals surface area contributed by atoms with Crippen LogP contribution in [0, 0.1) is 17.5 Å². The van der Waals surface area contributed by atoms with E-state index in [0.717, 1.165) is 18.6 Å². The number of sulfonamides is 1. The Kier molecular flexibility index (Phi) is 5.60. The highest BCUT2D eigenvalue weighted by molar-refractivity contribution is 7.92. The van der Waals surface area contributed by atoms with Gasteiger partial charge >= 0.3 is 0 Å². The SMILES string of the molecule is CCCCS(=O)(=O)Nc1ccc(Nc2ccc(F)c(F)c2F)nn1. The third-order valence-corrected chi connectivity index (χ3v) is 4.34. The van der Waals surface area contributed by atoms with Gasteiger partial charge < -0.3 is 5.32 Å². The van der Waals surface area contributed by atoms with Crippen molar-refractivity contribution in [3.05, 3.63) is 41.7 Å². The summed E-state index contributed by atoms with van der Waals surface area (Å²) in [5.41, 5.74) is -0.320. The number of hydrogen-bond acceptors (Lipinski definition) is 5. The number of nitrogens with one attached hydrogen (secondary N) is 2. The minimum absolute atomic E-state index is 0.00223. The molecule has 0 aliphatic heterocycles. The van der Waals surface area contributed by atoms with Gasteiger partial charge in [0.25, 0.3) is 0 Å². The molecular formula is C14H15F3N4O2S. The van der Waals surface area contributed by atoms with Crippen LogP contribution in [0.5, 0.6) is 0 Å². The molecule has 1 aromatic heterocycles. The van der Waals surface area contributed by atoms with E-state index in [1.807, 2.05) is 6.92 Å². The lowest BCUT2D eigenvalue weighted by Gasteiger charge is -2.09. The zero-order valence-electron chi connectivity index (χ0n) is 12.7. The van der Waals surface area contributed by atoms with Crippen molar-refractivity contribution in [2.75, 3.05) is 15.8 Å². The molecule has 24 heavy (non-hydrogen) atoms. The van der Waals surface area contributed by atoms with Crippen LogP contribution in [-0.4, -0.2) is 24.4 Å². The lowest BCUT2D eigenvalue weighted by atomic mass is 10.3. The Morgan fingerprint density at radius 2 is 1.67 bits per heavy atom. The summed E-state index contributed by atoms with van der Waals surface area (Å²) in [4.78, 5) is 0. The van der Waals surface area contributed by atoms with E-state index in [0.29, 0.717) is 6.42 Å². The van der Waals surface area contributed by atoms with Crippen LogP contribution in [0.1, 0.15) is 19.8 Å². The highest BCUT2D eigenvalue weighted by Gasteiger charge is 2.14. The highest BCUT2D eigenvalue weighted by atomic mass is 32.2. The van der Waals surface area contributed by atoms with Gasteiger partial charge in [0.15, 0.2) is 29.1 Å². The number of halogens is 3. The number of rotatable bonds is 7. The molecule has 0 atom stereocenters. The maximum Gasteiger partial charge on any atom is 0.233 e. The Morgan fingerprint density at radius 1 is 1.00 bits per heavy atom. The topological polar surface area (TPSA) is 84.0 Å². The normalized spacial score (nSPS) is 11.3. The zero-order chi connectivity index (χ0) is 17.7. The van der Waals surface area contributed by atoms with Crippen molar-refractivity contribution in [3.8, 4) is 0 Å². The van der Waals surface area contributed by atoms with Gasteiger partial charge in [0, 0.05) is 0 Å². The number of benzene rings is 1. The summed E-state index contributed by atoms with van der Waals surface area (Å²) < 4.78 is 65.3. The lowest BCUT2D eigenvalue weighted by Crippen LogP contribution is -2.17. The molecule has 0 amide bonds. The summed E-state index contributed by atoms with van der Waals surface area (Å²) in [7, 11) is -3.51. The van der Waals surface area contributed by atoms with Crippen molar-refractivity contribution < 1.29 is 21.6 Å². The Morgan fingerprint density at radius 3 is 2.29 bits per heavy atom. The van der Waals surface area contributed by atoms with Crippen molar-refractivity contribution in [2.45, 2.75) is 19.8 Å². The van der Waals surface area contributed by atoms with Crippen LogP contribution in [0.3, 0.4) is 0 Å². The summed E-state index contributed by atoms with van der Waals surface area (Å²) in [6.07, 6.45) is 1.24. The number of nitrogens with zero attached hydrogens (tertiary/aromatic N) is 2. The molecule has 0 aliphatic carbocycles. The Labute approximate surface area is 137 Å². The van der Waals surface area contributed by atoms with Gasteiger partial charge in [-0.25, -0.2) is 21.6 Å². The first-order chi connectivity index (χ1) is 11.3. The standard InChI is InChI=1S/C14H15F3N4O2S/c1-2-3-8-24(22,23)21-12-7-6-11(19-20-12)18-10-5-4-9(15)13(16)14(10)17/h4-7H,2-3,8H2,1H3,(H,18,19)(H,20,21). The van der Waals surface area contributed by atoms with Crippen LogP contribution in [0.15, 0.2) is 24.3 Å². The average Bonchev–Trinajstić information content (AvgIpc) is 2.55. The molecule has 0 unspecified atom stereocenters. The van der Waals surface area contributed by atoms with Gasteiger partial charge in [-0.05, 0) is 30.7 Å². The number of aromatic nitrogens is 2. The van der Waals surface area contributed by atoms with Gasteiger partial charge in [-0.3, -0.25) is 4.72 Å². The Balaban J connectivity index is 2.09. The summed E-state index contributed by atoms with van der Waals surface area (Å²) in [6.45, 7) is 1.87. The molecule has 0 bridgehead atoms. The van der Waals surface area contributed by atoms with Gasteiger partial charge in [0.1, 0.15) is 0 Å². The van der Waals surface area contributed by atoms with E-state index < -0.39 is 27.5 Å². The van der Waals surface area contributed by atoms with Crippen LogP contribution in [0.4, 0.5) is 30.5 Å². The molecule has 130 valence electrons. The second-order valence-electron chi connectivity index (χ2n) is 4.93. The molecule has 0 saturated heterocycles. The molecule has 1 heterocycles. The van der Waals surface area contributed by atoms with E-state index in [4.69, 9.17) is 0 Å². The van der Waals surface area contributed by atoms with Crippen molar-refractivity contribution in [2.24, 2.45) is 0 Å². The largest absolute Gasteiger partial charge is 0.336 e. The molecule has 0 spiro atoms. The Hall–Kier alpha value is -2.36. The quantitative estimate of drug-likeness (QED) is 0.741. The van der Waals surface area contributed by atoms with E-state index >= 15 is 0 Å². The first-order valence-corrected chi connectivity index (χ1v) is 8.72. The molecule has 2 N–H and O–H groups in total. The van der Waals surface area contributed by atoms with Crippen LogP contribution in [0.2, 0.25) is 0 Å². The minimum atomic E-state index is -3.51. The third kappa shape index (κ3) is 4.57. The van der Waals surface area contributed by atoms with Crippen LogP contribution >= 0.6 is 0 Å². The molecule has 1 aromatic carbocycles. The van der Waals surface area contributed by atoms with Crippen LogP contribution < -0.4 is 10.0 Å². The molecule has 0 radical (unpaired) electrons. The molecule has 10 heteroatoms. The number of hydrogen-bond donors (Lipinski definition) is 2. The summed E-state index contributed by atoms with van der Waals surface area (Å²) in [5.74, 6) is -4.29. The van der Waals surface area contributed by atoms with Crippen molar-refractivity contribution >= 4 is 27.3 Å². The smallest absolute Gasteiger partial charge is 0.233 e. The van der Waals surface area contributed by atoms with Gasteiger partial charge in [-0.2, -0.15) is 0 Å². The summed E-state index contributed by atoms with van der Waals surface area (Å²) in [6, 6.07) is 4.42. The van der Waals surface area contributed by atoms with Gasteiger partial charge in [-0.15, -0.1) is 10.2 Å². The van der Waals surface area contributed by atoms with Crippen LogP contribution in [0.25, 0.3) is 0 Å². The van der Waals surface area contributed by atoms with Crippen LogP contribution in [-0.2, 0) is 10.0 Å². The van der Waals surface area contributed by atoms with E-state index in [1.165, 1.54) is 12.1 Å². The molecule has 0 aliphatic rings. The van der Waals surface area contributed by atoms with E-state index in [-0.39, 0.29) is 23.1 Å². The average molecular weight is 360 g/mol. The summed E-state index contributed by atoms with van der Waals surface area (Å²) in [5, 5.41) is 9.74. The molecule has 6 nitrogen and oxygen atoms in total. The predicted molar refractivity (Wildman–Crippen MR) is 83.9 cm³/mol. The van der Waals surface area contributed by atoms with E-state index in [2.05, 4.69) is 20.2 Å². The maximum absolute atomic E-state index is 13.6. The second kappa shape index (κ2) is 7.47.